The van der Waals surface area contributed by atoms with Crippen molar-refractivity contribution in [1.29, 1.82) is 0 Å². The van der Waals surface area contributed by atoms with E-state index >= 15 is 0 Å². The van der Waals surface area contributed by atoms with Crippen LogP contribution in [0.2, 0.25) is 0 Å². The summed E-state index contributed by atoms with van der Waals surface area (Å²) in [7, 11) is 4.11. The van der Waals surface area contributed by atoms with E-state index in [9.17, 15) is 4.79 Å². The molecule has 1 amide bonds. The number of nitrogens with zero attached hydrogens (tertiary/aromatic N) is 5. The second-order valence-corrected chi connectivity index (χ2v) is 8.97. The molecule has 0 saturated carbocycles. The molecule has 0 fully saturated rings. The zero-order valence-electron chi connectivity index (χ0n) is 17.3. The Morgan fingerprint density at radius 1 is 1.20 bits per heavy atom. The fraction of sp³-hybridized carbons (Fsp3) is 0.333. The molecule has 0 radical (unpaired) electrons. The second-order valence-electron chi connectivity index (χ2n) is 7.17. The Kier molecular flexibility index (Phi) is 8.01. The molecule has 3 aromatic rings. The second kappa shape index (κ2) is 10.7. The molecule has 0 saturated heterocycles. The number of anilines is 1. The number of nitrogens with one attached hydrogen (secondary N) is 1. The summed E-state index contributed by atoms with van der Waals surface area (Å²) in [5.74, 6) is 0.959. The van der Waals surface area contributed by atoms with Crippen molar-refractivity contribution in [3.63, 3.8) is 0 Å². The van der Waals surface area contributed by atoms with Crippen LogP contribution < -0.4 is 5.32 Å². The minimum absolute atomic E-state index is 0.0853. The van der Waals surface area contributed by atoms with Crippen molar-refractivity contribution < 1.29 is 4.79 Å². The summed E-state index contributed by atoms with van der Waals surface area (Å²) < 4.78 is 2.95. The molecule has 0 spiro atoms. The van der Waals surface area contributed by atoms with Gasteiger partial charge in [0.2, 0.25) is 5.91 Å². The van der Waals surface area contributed by atoms with E-state index < -0.39 is 0 Å². The van der Waals surface area contributed by atoms with Crippen LogP contribution >= 0.6 is 27.7 Å². The highest BCUT2D eigenvalue weighted by Gasteiger charge is 2.16. The Balaban J connectivity index is 1.71. The number of hydrogen-bond donors (Lipinski definition) is 1. The maximum atomic E-state index is 12.5. The van der Waals surface area contributed by atoms with Crippen LogP contribution in [0.4, 0.5) is 5.69 Å². The average molecular weight is 489 g/mol. The molecule has 0 aliphatic heterocycles. The Morgan fingerprint density at radius 2 is 1.97 bits per heavy atom. The highest BCUT2D eigenvalue weighted by atomic mass is 79.9. The minimum atomic E-state index is -0.0853. The third-order valence-electron chi connectivity index (χ3n) is 4.37. The molecule has 7 nitrogen and oxygen atoms in total. The first kappa shape index (κ1) is 22.5. The van der Waals surface area contributed by atoms with Gasteiger partial charge in [-0.2, -0.15) is 0 Å². The van der Waals surface area contributed by atoms with Crippen molar-refractivity contribution in [2.75, 3.05) is 31.7 Å². The van der Waals surface area contributed by atoms with Gasteiger partial charge in [0, 0.05) is 29.0 Å². The Hall–Kier alpha value is -2.23. The summed E-state index contributed by atoms with van der Waals surface area (Å²) in [6.45, 7) is 3.74. The molecule has 0 aliphatic carbocycles. The molecule has 2 aromatic heterocycles. The van der Waals surface area contributed by atoms with Gasteiger partial charge in [-0.3, -0.25) is 9.78 Å². The van der Waals surface area contributed by atoms with Gasteiger partial charge in [0.25, 0.3) is 0 Å². The van der Waals surface area contributed by atoms with E-state index in [4.69, 9.17) is 0 Å². The van der Waals surface area contributed by atoms with Gasteiger partial charge >= 0.3 is 0 Å². The highest BCUT2D eigenvalue weighted by molar-refractivity contribution is 9.10. The zero-order valence-corrected chi connectivity index (χ0v) is 19.7. The maximum absolute atomic E-state index is 12.5. The van der Waals surface area contributed by atoms with E-state index in [0.29, 0.717) is 0 Å². The largest absolute Gasteiger partial charge is 0.324 e. The van der Waals surface area contributed by atoms with Crippen molar-refractivity contribution in [2.45, 2.75) is 25.0 Å². The van der Waals surface area contributed by atoms with Crippen LogP contribution in [0.3, 0.4) is 0 Å². The molecule has 0 unspecified atom stereocenters. The molecule has 0 aliphatic rings. The Labute approximate surface area is 189 Å². The van der Waals surface area contributed by atoms with E-state index in [1.54, 1.807) is 12.4 Å². The molecule has 158 valence electrons. The molecule has 30 heavy (non-hydrogen) atoms. The van der Waals surface area contributed by atoms with Crippen molar-refractivity contribution in [3.05, 3.63) is 52.8 Å². The van der Waals surface area contributed by atoms with E-state index in [0.717, 1.165) is 51.8 Å². The van der Waals surface area contributed by atoms with Crippen LogP contribution in [0.5, 0.6) is 0 Å². The number of aromatic nitrogens is 4. The fourth-order valence-corrected chi connectivity index (χ4v) is 4.25. The van der Waals surface area contributed by atoms with E-state index in [-0.39, 0.29) is 11.7 Å². The van der Waals surface area contributed by atoms with Gasteiger partial charge in [0.1, 0.15) is 0 Å². The first-order chi connectivity index (χ1) is 14.4. The van der Waals surface area contributed by atoms with E-state index in [1.807, 2.05) is 37.3 Å². The number of pyridine rings is 1. The lowest BCUT2D eigenvalue weighted by Crippen LogP contribution is -2.17. The molecule has 0 atom stereocenters. The predicted molar refractivity (Wildman–Crippen MR) is 125 cm³/mol. The van der Waals surface area contributed by atoms with Gasteiger partial charge in [-0.1, -0.05) is 17.8 Å². The third kappa shape index (κ3) is 6.13. The number of amides is 1. The molecular formula is C21H25BrN6OS. The van der Waals surface area contributed by atoms with Crippen LogP contribution in [0.15, 0.2) is 52.4 Å². The molecule has 1 N–H and O–H groups in total. The van der Waals surface area contributed by atoms with Gasteiger partial charge in [-0.15, -0.1) is 10.2 Å². The number of aryl methyl sites for hydroxylation is 1. The lowest BCUT2D eigenvalue weighted by molar-refractivity contribution is -0.113. The number of hydrogen-bond acceptors (Lipinski definition) is 6. The third-order valence-corrected chi connectivity index (χ3v) is 6.00. The van der Waals surface area contributed by atoms with Gasteiger partial charge in [0.05, 0.1) is 11.4 Å². The number of rotatable bonds is 9. The van der Waals surface area contributed by atoms with Crippen LogP contribution in [-0.2, 0) is 11.3 Å². The van der Waals surface area contributed by atoms with E-state index in [2.05, 4.69) is 60.0 Å². The molecular weight excluding hydrogens is 464 g/mol. The maximum Gasteiger partial charge on any atom is 0.234 e. The molecule has 9 heteroatoms. The smallest absolute Gasteiger partial charge is 0.234 e. The summed E-state index contributed by atoms with van der Waals surface area (Å²) in [5, 5.41) is 12.4. The topological polar surface area (TPSA) is 75.9 Å². The van der Waals surface area contributed by atoms with Crippen LogP contribution in [0.1, 0.15) is 12.0 Å². The van der Waals surface area contributed by atoms with Gasteiger partial charge in [-0.05, 0) is 79.7 Å². The number of carbonyl (C=O) groups excluding carboxylic acids is 1. The Morgan fingerprint density at radius 3 is 2.67 bits per heavy atom. The SMILES string of the molecule is Cc1ccc(NC(=O)CSc2nnc(-c3ccncc3)n2CCCN(C)C)c(Br)c1. The molecule has 1 aromatic carbocycles. The van der Waals surface area contributed by atoms with Crippen molar-refractivity contribution >= 4 is 39.3 Å². The van der Waals surface area contributed by atoms with E-state index in [1.165, 1.54) is 11.8 Å². The number of benzene rings is 1. The minimum Gasteiger partial charge on any atom is -0.324 e. The Bertz CT molecular complexity index is 992. The van der Waals surface area contributed by atoms with Crippen LogP contribution in [0, 0.1) is 6.92 Å². The number of halogens is 1. The molecule has 0 bridgehead atoms. The number of carbonyl (C=O) groups is 1. The summed E-state index contributed by atoms with van der Waals surface area (Å²) in [5.41, 5.74) is 2.85. The predicted octanol–water partition coefficient (Wildman–Crippen LogP) is 4.09. The molecule has 2 heterocycles. The van der Waals surface area contributed by atoms with Crippen molar-refractivity contribution in [1.82, 2.24) is 24.6 Å². The fourth-order valence-electron chi connectivity index (χ4n) is 2.89. The van der Waals surface area contributed by atoms with Gasteiger partial charge in [0.15, 0.2) is 11.0 Å². The van der Waals surface area contributed by atoms with Crippen LogP contribution in [0.25, 0.3) is 11.4 Å². The van der Waals surface area contributed by atoms with Gasteiger partial charge in [-0.25, -0.2) is 0 Å². The standard InChI is InChI=1S/C21H25BrN6OS/c1-15-5-6-18(17(22)13-15)24-19(29)14-30-21-26-25-20(16-7-9-23-10-8-16)28(21)12-4-11-27(2)3/h5-10,13H,4,11-12,14H2,1-3H3,(H,24,29). The zero-order chi connectivity index (χ0) is 21.5. The normalized spacial score (nSPS) is 11.1. The van der Waals surface area contributed by atoms with Gasteiger partial charge < -0.3 is 14.8 Å². The van der Waals surface area contributed by atoms with Crippen LogP contribution in [-0.4, -0.2) is 56.9 Å². The average Bonchev–Trinajstić information content (AvgIpc) is 3.12. The lowest BCUT2D eigenvalue weighted by atomic mass is 10.2. The summed E-state index contributed by atoms with van der Waals surface area (Å²) >= 11 is 4.89. The highest BCUT2D eigenvalue weighted by Crippen LogP contribution is 2.26. The van der Waals surface area contributed by atoms with Crippen molar-refractivity contribution in [3.8, 4) is 11.4 Å². The summed E-state index contributed by atoms with van der Waals surface area (Å²) in [6.07, 6.45) is 4.45. The summed E-state index contributed by atoms with van der Waals surface area (Å²) in [4.78, 5) is 18.7. The monoisotopic (exact) mass is 488 g/mol. The first-order valence-corrected chi connectivity index (χ1v) is 11.4. The lowest BCUT2D eigenvalue weighted by Gasteiger charge is -2.13. The first-order valence-electron chi connectivity index (χ1n) is 9.61. The molecule has 3 rings (SSSR count). The van der Waals surface area contributed by atoms with Crippen molar-refractivity contribution in [2.24, 2.45) is 0 Å². The summed E-state index contributed by atoms with van der Waals surface area (Å²) in [6, 6.07) is 9.68. The quantitative estimate of drug-likeness (QED) is 0.457. The number of thioether (sulfide) groups is 1.